The number of nitrogens with zero attached hydrogens (tertiary/aromatic N) is 5. The molecule has 10 heteroatoms. The second-order valence-corrected chi connectivity index (χ2v) is 10.9. The van der Waals surface area contributed by atoms with E-state index in [1.165, 1.54) is 16.6 Å². The average molecular weight is 517 g/mol. The molecular formula is C26H24N6O2S2. The molecule has 1 amide bonds. The standard InChI is InChI=1S/C26H24N6O2S2/c1-16-8-6-7-11-19(16)27-21(33)15-35-26-29-28-25-31(17-9-4-3-5-10-17)23(34)22-18-12-13-30(2)14-20(18)36-24(22)32(25)26/h3-11H,12-15H2,1-2H3,(H,27,33). The topological polar surface area (TPSA) is 84.5 Å². The van der Waals surface area contributed by atoms with Gasteiger partial charge in [-0.3, -0.25) is 9.59 Å². The zero-order valence-corrected chi connectivity index (χ0v) is 21.5. The van der Waals surface area contributed by atoms with Gasteiger partial charge in [0.2, 0.25) is 11.7 Å². The third-order valence-electron chi connectivity index (χ3n) is 6.43. The van der Waals surface area contributed by atoms with E-state index in [1.807, 2.05) is 65.9 Å². The number of likely N-dealkylation sites (N-methyl/N-ethyl adjacent to an activating group) is 1. The van der Waals surface area contributed by atoms with Crippen LogP contribution in [0.2, 0.25) is 0 Å². The number of carbonyl (C=O) groups excluding carboxylic acids is 1. The van der Waals surface area contributed by atoms with Crippen molar-refractivity contribution in [3.63, 3.8) is 0 Å². The van der Waals surface area contributed by atoms with Gasteiger partial charge < -0.3 is 10.2 Å². The Morgan fingerprint density at radius 2 is 1.89 bits per heavy atom. The van der Waals surface area contributed by atoms with Gasteiger partial charge in [-0.2, -0.15) is 0 Å². The number of hydrogen-bond acceptors (Lipinski definition) is 7. The summed E-state index contributed by atoms with van der Waals surface area (Å²) < 4.78 is 3.58. The Balaban J connectivity index is 1.46. The maximum absolute atomic E-state index is 13.9. The Hall–Kier alpha value is -3.47. The first-order chi connectivity index (χ1) is 17.5. The lowest BCUT2D eigenvalue weighted by atomic mass is 10.1. The fraction of sp³-hybridized carbons (Fsp3) is 0.231. The number of fused-ring (bicyclic) bond motifs is 5. The largest absolute Gasteiger partial charge is 0.325 e. The smallest absolute Gasteiger partial charge is 0.268 e. The molecule has 0 aliphatic carbocycles. The molecule has 0 unspecified atom stereocenters. The number of thioether (sulfide) groups is 1. The van der Waals surface area contributed by atoms with Crippen LogP contribution >= 0.6 is 23.1 Å². The SMILES string of the molecule is Cc1ccccc1NC(=O)CSc1nnc2n(-c3ccccc3)c(=O)c3c4c(sc3n12)CN(C)CC4. The number of benzene rings is 2. The van der Waals surface area contributed by atoms with Gasteiger partial charge >= 0.3 is 0 Å². The van der Waals surface area contributed by atoms with Crippen molar-refractivity contribution >= 4 is 50.7 Å². The zero-order chi connectivity index (χ0) is 24.8. The summed E-state index contributed by atoms with van der Waals surface area (Å²) in [6.45, 7) is 3.68. The molecule has 4 heterocycles. The Bertz CT molecular complexity index is 1670. The monoisotopic (exact) mass is 516 g/mol. The van der Waals surface area contributed by atoms with Crippen LogP contribution < -0.4 is 10.9 Å². The Kier molecular flexibility index (Phi) is 5.87. The highest BCUT2D eigenvalue weighted by Crippen LogP contribution is 2.35. The van der Waals surface area contributed by atoms with Crippen LogP contribution in [0.15, 0.2) is 64.5 Å². The molecule has 3 aromatic heterocycles. The third kappa shape index (κ3) is 3.91. The number of carbonyl (C=O) groups is 1. The normalized spacial score (nSPS) is 13.8. The van der Waals surface area contributed by atoms with E-state index in [1.54, 1.807) is 15.9 Å². The predicted octanol–water partition coefficient (Wildman–Crippen LogP) is 4.12. The summed E-state index contributed by atoms with van der Waals surface area (Å²) in [5.74, 6) is 0.507. The Labute approximate surface area is 215 Å². The summed E-state index contributed by atoms with van der Waals surface area (Å²) >= 11 is 2.94. The van der Waals surface area contributed by atoms with E-state index in [4.69, 9.17) is 0 Å². The summed E-state index contributed by atoms with van der Waals surface area (Å²) in [4.78, 5) is 30.9. The van der Waals surface area contributed by atoms with Gasteiger partial charge in [0.15, 0.2) is 5.16 Å². The van der Waals surface area contributed by atoms with E-state index in [9.17, 15) is 9.59 Å². The molecule has 182 valence electrons. The molecule has 0 saturated heterocycles. The van der Waals surface area contributed by atoms with Crippen molar-refractivity contribution in [2.24, 2.45) is 0 Å². The zero-order valence-electron chi connectivity index (χ0n) is 19.9. The van der Waals surface area contributed by atoms with Gasteiger partial charge in [0.05, 0.1) is 16.8 Å². The van der Waals surface area contributed by atoms with E-state index in [-0.39, 0.29) is 17.2 Å². The van der Waals surface area contributed by atoms with Crippen LogP contribution in [-0.2, 0) is 17.8 Å². The maximum Gasteiger partial charge on any atom is 0.268 e. The van der Waals surface area contributed by atoms with Crippen LogP contribution in [0.4, 0.5) is 5.69 Å². The molecule has 0 bridgehead atoms. The number of thiophene rings is 1. The van der Waals surface area contributed by atoms with E-state index < -0.39 is 0 Å². The minimum absolute atomic E-state index is 0.0769. The number of rotatable bonds is 5. The second-order valence-electron chi connectivity index (χ2n) is 8.92. The molecule has 8 nitrogen and oxygen atoms in total. The fourth-order valence-electron chi connectivity index (χ4n) is 4.62. The van der Waals surface area contributed by atoms with Crippen LogP contribution in [-0.4, -0.2) is 49.3 Å². The minimum atomic E-state index is -0.120. The van der Waals surface area contributed by atoms with Gasteiger partial charge in [-0.05, 0) is 49.7 Å². The average Bonchev–Trinajstić information content (AvgIpc) is 3.46. The molecule has 36 heavy (non-hydrogen) atoms. The Morgan fingerprint density at radius 3 is 2.69 bits per heavy atom. The number of aryl methyl sites for hydroxylation is 1. The highest BCUT2D eigenvalue weighted by Gasteiger charge is 2.27. The van der Waals surface area contributed by atoms with Crippen LogP contribution in [0, 0.1) is 6.92 Å². The van der Waals surface area contributed by atoms with E-state index in [0.29, 0.717) is 10.9 Å². The first-order valence-electron chi connectivity index (χ1n) is 11.7. The van der Waals surface area contributed by atoms with Crippen molar-refractivity contribution in [2.75, 3.05) is 24.7 Å². The number of aromatic nitrogens is 4. The lowest BCUT2D eigenvalue weighted by Gasteiger charge is -2.21. The van der Waals surface area contributed by atoms with Crippen LogP contribution in [0.3, 0.4) is 0 Å². The van der Waals surface area contributed by atoms with Gasteiger partial charge in [0, 0.05) is 23.7 Å². The summed E-state index contributed by atoms with van der Waals surface area (Å²) in [5, 5.41) is 13.1. The molecular weight excluding hydrogens is 492 g/mol. The molecule has 0 radical (unpaired) electrons. The number of hydrogen-bond donors (Lipinski definition) is 1. The van der Waals surface area contributed by atoms with Gasteiger partial charge in [-0.1, -0.05) is 48.2 Å². The van der Waals surface area contributed by atoms with Gasteiger partial charge in [-0.15, -0.1) is 21.5 Å². The van der Waals surface area contributed by atoms with Crippen LogP contribution in [0.25, 0.3) is 21.7 Å². The molecule has 0 spiro atoms. The summed E-state index contributed by atoms with van der Waals surface area (Å²) in [6.07, 6.45) is 0.824. The predicted molar refractivity (Wildman–Crippen MR) is 145 cm³/mol. The van der Waals surface area contributed by atoms with Crippen LogP contribution in [0.5, 0.6) is 0 Å². The highest BCUT2D eigenvalue weighted by atomic mass is 32.2. The fourth-order valence-corrected chi connectivity index (χ4v) is 6.82. The third-order valence-corrected chi connectivity index (χ3v) is 8.56. The lowest BCUT2D eigenvalue weighted by molar-refractivity contribution is -0.113. The van der Waals surface area contributed by atoms with Crippen molar-refractivity contribution in [3.05, 3.63) is 81.0 Å². The number of para-hydroxylation sites is 2. The summed E-state index contributed by atoms with van der Waals surface area (Å²) in [6, 6.07) is 17.2. The van der Waals surface area contributed by atoms with Crippen molar-refractivity contribution < 1.29 is 4.79 Å². The lowest BCUT2D eigenvalue weighted by Crippen LogP contribution is -2.27. The molecule has 0 fully saturated rings. The second kappa shape index (κ2) is 9.20. The molecule has 0 saturated carbocycles. The molecule has 2 aromatic carbocycles. The molecule has 1 aliphatic rings. The van der Waals surface area contributed by atoms with Crippen molar-refractivity contribution in [2.45, 2.75) is 25.0 Å². The molecule has 1 N–H and O–H groups in total. The van der Waals surface area contributed by atoms with Crippen molar-refractivity contribution in [3.8, 4) is 5.69 Å². The minimum Gasteiger partial charge on any atom is -0.325 e. The van der Waals surface area contributed by atoms with E-state index in [2.05, 4.69) is 27.5 Å². The number of anilines is 1. The Morgan fingerprint density at radius 1 is 1.11 bits per heavy atom. The quantitative estimate of drug-likeness (QED) is 0.354. The van der Waals surface area contributed by atoms with Gasteiger partial charge in [0.25, 0.3) is 5.56 Å². The summed E-state index contributed by atoms with van der Waals surface area (Å²) in [5.41, 5.74) is 3.58. The maximum atomic E-state index is 13.9. The molecule has 0 atom stereocenters. The van der Waals surface area contributed by atoms with Gasteiger partial charge in [-0.25, -0.2) is 8.97 Å². The molecule has 6 rings (SSSR count). The summed E-state index contributed by atoms with van der Waals surface area (Å²) in [7, 11) is 2.10. The first kappa shape index (κ1) is 23.0. The first-order valence-corrected chi connectivity index (χ1v) is 13.5. The van der Waals surface area contributed by atoms with E-state index in [0.717, 1.165) is 52.2 Å². The van der Waals surface area contributed by atoms with Gasteiger partial charge in [0.1, 0.15) is 4.83 Å². The highest BCUT2D eigenvalue weighted by molar-refractivity contribution is 7.99. The molecule has 5 aromatic rings. The van der Waals surface area contributed by atoms with Crippen molar-refractivity contribution in [1.82, 2.24) is 24.1 Å². The molecule has 1 aliphatic heterocycles. The number of amides is 1. The van der Waals surface area contributed by atoms with Crippen molar-refractivity contribution in [1.29, 1.82) is 0 Å². The number of nitrogens with one attached hydrogen (secondary N) is 1. The van der Waals surface area contributed by atoms with E-state index >= 15 is 0 Å². The van der Waals surface area contributed by atoms with Crippen LogP contribution in [0.1, 0.15) is 16.0 Å².